The molecule has 0 amide bonds. The van der Waals surface area contributed by atoms with E-state index in [4.69, 9.17) is 0 Å². The normalized spacial score (nSPS) is 39.8. The minimum absolute atomic E-state index is 1.21. The molecule has 2 rings (SSSR count). The van der Waals surface area contributed by atoms with Crippen LogP contribution in [-0.2, 0) is 0 Å². The molecule has 2 fully saturated rings. The third kappa shape index (κ3) is 0.765. The maximum absolute atomic E-state index is 2.00. The second-order valence-corrected chi connectivity index (χ2v) is 2.67. The molecule has 0 aromatic rings. The molecule has 0 radical (unpaired) electrons. The van der Waals surface area contributed by atoms with E-state index in [1.54, 1.807) is 25.7 Å². The summed E-state index contributed by atoms with van der Waals surface area (Å²) in [6.07, 6.45) is 6.24. The highest BCUT2D eigenvalue weighted by Crippen LogP contribution is 2.49. The second-order valence-electron chi connectivity index (χ2n) is 2.67. The van der Waals surface area contributed by atoms with Crippen molar-refractivity contribution >= 4 is 0 Å². The smallest absolute Gasteiger partial charge is 0.0386 e. The maximum atomic E-state index is 2.00. The van der Waals surface area contributed by atoms with Crippen molar-refractivity contribution in [1.29, 1.82) is 0 Å². The van der Waals surface area contributed by atoms with Crippen LogP contribution in [0, 0.1) is 11.8 Å². The monoisotopic (exact) mass is 112 g/mol. The van der Waals surface area contributed by atoms with Gasteiger partial charge in [0.25, 0.3) is 0 Å². The molecule has 0 bridgehead atoms. The standard InChI is InChI=1S/C6H10.C2H6/c1-2-6-4-3-5(1)6;1-2/h5-6H,1-4H2;1-2H3. The highest BCUT2D eigenvalue weighted by molar-refractivity contribution is 4.89. The first-order valence-electron chi connectivity index (χ1n) is 3.97. The zero-order valence-corrected chi connectivity index (χ0v) is 5.98. The van der Waals surface area contributed by atoms with Crippen LogP contribution in [-0.4, -0.2) is 0 Å². The molecular weight excluding hydrogens is 96.1 g/mol. The van der Waals surface area contributed by atoms with Gasteiger partial charge in [0.05, 0.1) is 0 Å². The number of rotatable bonds is 0. The molecule has 0 unspecified atom stereocenters. The van der Waals surface area contributed by atoms with Gasteiger partial charge in [-0.15, -0.1) is 0 Å². The van der Waals surface area contributed by atoms with Crippen molar-refractivity contribution in [2.45, 2.75) is 39.5 Å². The van der Waals surface area contributed by atoms with Crippen LogP contribution in [0.3, 0.4) is 0 Å². The average Bonchev–Trinajstić information content (AvgIpc) is 1.83. The van der Waals surface area contributed by atoms with E-state index >= 15 is 0 Å². The molecule has 0 aromatic carbocycles. The van der Waals surface area contributed by atoms with Gasteiger partial charge >= 0.3 is 0 Å². The lowest BCUT2D eigenvalue weighted by Gasteiger charge is -2.46. The summed E-state index contributed by atoms with van der Waals surface area (Å²) in [5, 5.41) is 0. The Labute approximate surface area is 52.3 Å². The summed E-state index contributed by atoms with van der Waals surface area (Å²) in [5.74, 6) is 2.43. The van der Waals surface area contributed by atoms with Gasteiger partial charge in [0.2, 0.25) is 0 Å². The maximum Gasteiger partial charge on any atom is -0.0386 e. The first-order valence-corrected chi connectivity index (χ1v) is 3.97. The van der Waals surface area contributed by atoms with E-state index in [-0.39, 0.29) is 0 Å². The summed E-state index contributed by atoms with van der Waals surface area (Å²) in [5.41, 5.74) is 0. The van der Waals surface area contributed by atoms with Crippen LogP contribution in [0.2, 0.25) is 0 Å². The fourth-order valence-electron chi connectivity index (χ4n) is 1.56. The molecule has 0 spiro atoms. The molecule has 0 saturated heterocycles. The second kappa shape index (κ2) is 2.52. The van der Waals surface area contributed by atoms with Crippen LogP contribution < -0.4 is 0 Å². The van der Waals surface area contributed by atoms with E-state index in [0.29, 0.717) is 0 Å². The highest BCUT2D eigenvalue weighted by atomic mass is 14.4. The van der Waals surface area contributed by atoms with Gasteiger partial charge in [-0.2, -0.15) is 0 Å². The van der Waals surface area contributed by atoms with Crippen molar-refractivity contribution in [2.24, 2.45) is 11.8 Å². The van der Waals surface area contributed by atoms with Gasteiger partial charge < -0.3 is 0 Å². The van der Waals surface area contributed by atoms with Crippen molar-refractivity contribution in [3.63, 3.8) is 0 Å². The van der Waals surface area contributed by atoms with Gasteiger partial charge in [0.15, 0.2) is 0 Å². The Bertz CT molecular complexity index is 48.4. The number of fused-ring (bicyclic) bond motifs is 1. The summed E-state index contributed by atoms with van der Waals surface area (Å²) in [4.78, 5) is 0. The summed E-state index contributed by atoms with van der Waals surface area (Å²) in [6.45, 7) is 4.00. The van der Waals surface area contributed by atoms with Crippen LogP contribution in [0.1, 0.15) is 39.5 Å². The first-order chi connectivity index (χ1) is 3.97. The molecule has 8 heavy (non-hydrogen) atoms. The lowest BCUT2D eigenvalue weighted by Crippen LogP contribution is -2.34. The minimum Gasteiger partial charge on any atom is -0.0683 e. The van der Waals surface area contributed by atoms with Gasteiger partial charge in [0.1, 0.15) is 0 Å². The molecule has 0 N–H and O–H groups in total. The molecular formula is C8H16. The topological polar surface area (TPSA) is 0 Å². The molecule has 48 valence electrons. The van der Waals surface area contributed by atoms with Crippen molar-refractivity contribution in [3.05, 3.63) is 0 Å². The number of hydrogen-bond acceptors (Lipinski definition) is 0. The van der Waals surface area contributed by atoms with Crippen LogP contribution in [0.15, 0.2) is 0 Å². The number of hydrogen-bond donors (Lipinski definition) is 0. The van der Waals surface area contributed by atoms with Crippen molar-refractivity contribution < 1.29 is 0 Å². The molecule has 0 aromatic heterocycles. The largest absolute Gasteiger partial charge is 0.0683 e. The predicted octanol–water partition coefficient (Wildman–Crippen LogP) is 2.83. The van der Waals surface area contributed by atoms with E-state index in [2.05, 4.69) is 0 Å². The van der Waals surface area contributed by atoms with Gasteiger partial charge in [-0.1, -0.05) is 13.8 Å². The zero-order valence-electron chi connectivity index (χ0n) is 5.98. The Kier molecular flexibility index (Phi) is 1.93. The van der Waals surface area contributed by atoms with E-state index in [1.165, 1.54) is 11.8 Å². The predicted molar refractivity (Wildman–Crippen MR) is 36.8 cm³/mol. The first kappa shape index (κ1) is 6.12. The molecule has 0 aliphatic heterocycles. The molecule has 0 heteroatoms. The van der Waals surface area contributed by atoms with Crippen LogP contribution in [0.4, 0.5) is 0 Å². The summed E-state index contributed by atoms with van der Waals surface area (Å²) < 4.78 is 0. The van der Waals surface area contributed by atoms with E-state index in [1.807, 2.05) is 13.8 Å². The molecule has 0 atom stereocenters. The van der Waals surface area contributed by atoms with Crippen LogP contribution in [0.5, 0.6) is 0 Å². The van der Waals surface area contributed by atoms with Crippen LogP contribution >= 0.6 is 0 Å². The molecule has 0 nitrogen and oxygen atoms in total. The third-order valence-corrected chi connectivity index (χ3v) is 2.48. The van der Waals surface area contributed by atoms with Gasteiger partial charge in [0, 0.05) is 0 Å². The van der Waals surface area contributed by atoms with E-state index in [9.17, 15) is 0 Å². The van der Waals surface area contributed by atoms with Crippen molar-refractivity contribution in [1.82, 2.24) is 0 Å². The Hall–Kier alpha value is 0. The zero-order chi connectivity index (χ0) is 5.98. The van der Waals surface area contributed by atoms with Crippen molar-refractivity contribution in [3.8, 4) is 0 Å². The van der Waals surface area contributed by atoms with Gasteiger partial charge in [-0.3, -0.25) is 0 Å². The quantitative estimate of drug-likeness (QED) is 0.452. The third-order valence-electron chi connectivity index (χ3n) is 2.48. The highest BCUT2D eigenvalue weighted by Gasteiger charge is 2.37. The summed E-state index contributed by atoms with van der Waals surface area (Å²) in [6, 6.07) is 0. The summed E-state index contributed by atoms with van der Waals surface area (Å²) >= 11 is 0. The van der Waals surface area contributed by atoms with E-state index < -0.39 is 0 Å². The average molecular weight is 112 g/mol. The molecule has 2 saturated carbocycles. The van der Waals surface area contributed by atoms with Crippen LogP contribution in [0.25, 0.3) is 0 Å². The van der Waals surface area contributed by atoms with Gasteiger partial charge in [-0.25, -0.2) is 0 Å². The lowest BCUT2D eigenvalue weighted by atomic mass is 9.60. The van der Waals surface area contributed by atoms with Gasteiger partial charge in [-0.05, 0) is 37.5 Å². The Balaban J connectivity index is 0.000000147. The Morgan fingerprint density at radius 3 is 1.00 bits per heavy atom. The molecule has 2 aliphatic rings. The lowest BCUT2D eigenvalue weighted by molar-refractivity contribution is 0.0548. The minimum atomic E-state index is 1.21. The Morgan fingerprint density at radius 1 is 0.750 bits per heavy atom. The van der Waals surface area contributed by atoms with E-state index in [0.717, 1.165) is 0 Å². The fourth-order valence-corrected chi connectivity index (χ4v) is 1.56. The molecule has 0 heterocycles. The summed E-state index contributed by atoms with van der Waals surface area (Å²) in [7, 11) is 0. The SMILES string of the molecule is C1CC2CCC12.CC. The molecule has 2 aliphatic carbocycles. The van der Waals surface area contributed by atoms with Crippen molar-refractivity contribution in [2.75, 3.05) is 0 Å². The fraction of sp³-hybridized carbons (Fsp3) is 1.00. The Morgan fingerprint density at radius 2 is 1.00 bits per heavy atom.